The summed E-state index contributed by atoms with van der Waals surface area (Å²) in [5.41, 5.74) is 0. The van der Waals surface area contributed by atoms with Crippen LogP contribution in [0, 0.1) is 107 Å². The van der Waals surface area contributed by atoms with Gasteiger partial charge in [-0.25, -0.2) is 0 Å². The van der Waals surface area contributed by atoms with Gasteiger partial charge < -0.3 is 33.1 Å². The van der Waals surface area contributed by atoms with Gasteiger partial charge in [-0.15, -0.1) is 0 Å². The van der Waals surface area contributed by atoms with E-state index in [1.54, 1.807) is 0 Å². The predicted octanol–water partition coefficient (Wildman–Crippen LogP) is 3.25. The van der Waals surface area contributed by atoms with E-state index in [1.165, 1.54) is 51.4 Å². The summed E-state index contributed by atoms with van der Waals surface area (Å²) in [4.78, 5) is 25.6. The zero-order valence-electron chi connectivity index (χ0n) is 15.3. The van der Waals surface area contributed by atoms with Gasteiger partial charge in [0.25, 0.3) is 0 Å². The Balaban J connectivity index is -0.0000000693. The molecular weight excluding hydrogens is 576 g/mol. The van der Waals surface area contributed by atoms with E-state index in [0.717, 1.165) is 0 Å². The molecule has 2 atom stereocenters. The third-order valence-electron chi connectivity index (χ3n) is 3.09. The van der Waals surface area contributed by atoms with Gasteiger partial charge in [-0.1, -0.05) is 79.1 Å². The van der Waals surface area contributed by atoms with E-state index in [1.807, 2.05) is 0 Å². The van der Waals surface area contributed by atoms with E-state index in [4.69, 9.17) is 19.2 Å². The van der Waals surface area contributed by atoms with Crippen molar-refractivity contribution in [2.45, 2.75) is 79.1 Å². The van der Waals surface area contributed by atoms with Crippen LogP contribution in [-0.4, -0.2) is 0 Å². The summed E-state index contributed by atoms with van der Waals surface area (Å²) in [5.74, 6) is 1.41. The number of hydrogen-bond donors (Lipinski definition) is 0. The minimum absolute atomic E-state index is 0. The monoisotopic (exact) mass is 605 g/mol. The maximum atomic E-state index is 8.55. The first-order chi connectivity index (χ1) is 9.62. The molecule has 2 radical (unpaired) electrons. The van der Waals surface area contributed by atoms with Crippen LogP contribution in [-0.2, 0) is 4.57 Å². The van der Waals surface area contributed by atoms with Crippen LogP contribution >= 0.6 is 7.82 Å². The summed E-state index contributed by atoms with van der Waals surface area (Å²) < 4.78 is 8.55. The quantitative estimate of drug-likeness (QED) is 0.312. The van der Waals surface area contributed by atoms with Gasteiger partial charge in [0.1, 0.15) is 0 Å². The number of unbranched alkanes of at least 4 members (excludes halogenated alkanes) is 2. The van der Waals surface area contributed by atoms with E-state index in [9.17, 15) is 0 Å². The van der Waals surface area contributed by atoms with Crippen LogP contribution in [0.4, 0.5) is 0 Å². The summed E-state index contributed by atoms with van der Waals surface area (Å²) >= 11 is 0. The summed E-state index contributed by atoms with van der Waals surface area (Å²) in [5, 5.41) is 0. The zero-order valence-corrected chi connectivity index (χ0v) is 22.6. The van der Waals surface area contributed by atoms with Crippen molar-refractivity contribution in [3.05, 3.63) is 13.8 Å². The standard InChI is InChI=1S/2C8H17.2Nd.H3O4P/c2*1-4-6-7-8(3)5-2;;;1-5(2,3)4/h2*8H,3-7H2,1-2H3;;;(H3,1,2,3,4)/q2*-1;2*+3;/p-3. The van der Waals surface area contributed by atoms with Crippen LogP contribution < -0.4 is 14.7 Å². The molecule has 0 rings (SSSR count). The molecule has 0 aromatic carbocycles. The maximum Gasteiger partial charge on any atom is 3.00 e. The second-order valence-electron chi connectivity index (χ2n) is 5.28. The molecule has 0 amide bonds. The van der Waals surface area contributed by atoms with Gasteiger partial charge in [0.05, 0.1) is 0 Å². The van der Waals surface area contributed by atoms with E-state index in [2.05, 4.69) is 41.5 Å². The molecule has 0 N–H and O–H groups in total. The first-order valence-corrected chi connectivity index (χ1v) is 9.47. The molecule has 0 fully saturated rings. The van der Waals surface area contributed by atoms with Gasteiger partial charge in [-0.05, 0) is 0 Å². The fourth-order valence-corrected chi connectivity index (χ4v) is 1.39. The zero-order chi connectivity index (χ0) is 17.3. The minimum atomic E-state index is -5.39. The van der Waals surface area contributed by atoms with Crippen LogP contribution in [0.15, 0.2) is 0 Å². The molecule has 2 unspecified atom stereocenters. The Bertz CT molecular complexity index is 216. The van der Waals surface area contributed by atoms with Crippen molar-refractivity contribution in [3.63, 3.8) is 0 Å². The van der Waals surface area contributed by atoms with Gasteiger partial charge in [-0.2, -0.15) is 19.7 Å². The van der Waals surface area contributed by atoms with Crippen LogP contribution in [0.1, 0.15) is 79.1 Å². The summed E-state index contributed by atoms with van der Waals surface area (Å²) in [6.45, 7) is 16.8. The Morgan fingerprint density at radius 2 is 1.00 bits per heavy atom. The molecule has 0 saturated heterocycles. The van der Waals surface area contributed by atoms with Gasteiger partial charge in [0, 0.05) is 0 Å². The van der Waals surface area contributed by atoms with Crippen molar-refractivity contribution < 1.29 is 101 Å². The SMILES string of the molecule is O=P([O-])([O-])[O-].[CH2-]C(CC)CCCC.[CH2-]C(CC)CCCC.[Nd+3].[Nd+3]. The summed E-state index contributed by atoms with van der Waals surface area (Å²) in [7, 11) is -5.39. The Morgan fingerprint density at radius 3 is 1.13 bits per heavy atom. The molecule has 7 heteroatoms. The number of phosphoric acid groups is 1. The molecule has 0 aliphatic carbocycles. The smallest absolute Gasteiger partial charge is 0.822 e. The van der Waals surface area contributed by atoms with Crippen molar-refractivity contribution in [2.75, 3.05) is 0 Å². The number of hydrogen-bond acceptors (Lipinski definition) is 4. The third kappa shape index (κ3) is 58.9. The minimum Gasteiger partial charge on any atom is -0.822 e. The second kappa shape index (κ2) is 27.0. The molecule has 134 valence electrons. The average Bonchev–Trinajstić information content (AvgIpc) is 2.40. The fraction of sp³-hybridized carbons (Fsp3) is 0.875. The van der Waals surface area contributed by atoms with Gasteiger partial charge in [0.15, 0.2) is 0 Å². The predicted molar refractivity (Wildman–Crippen MR) is 84.9 cm³/mol. The van der Waals surface area contributed by atoms with Crippen molar-refractivity contribution in [3.8, 4) is 0 Å². The average molecular weight is 610 g/mol. The molecule has 23 heavy (non-hydrogen) atoms. The maximum absolute atomic E-state index is 8.55. The van der Waals surface area contributed by atoms with Crippen molar-refractivity contribution in [1.29, 1.82) is 0 Å². The molecule has 0 heterocycles. The molecule has 0 aliphatic rings. The van der Waals surface area contributed by atoms with Crippen molar-refractivity contribution in [1.82, 2.24) is 0 Å². The molecule has 0 aliphatic heterocycles. The van der Waals surface area contributed by atoms with E-state index >= 15 is 0 Å². The molecule has 0 bridgehead atoms. The molecule has 0 aromatic heterocycles. The van der Waals surface area contributed by atoms with Crippen molar-refractivity contribution >= 4 is 7.82 Å². The first-order valence-electron chi connectivity index (χ1n) is 8.01. The van der Waals surface area contributed by atoms with Crippen molar-refractivity contribution in [2.24, 2.45) is 11.8 Å². The normalized spacial score (nSPS) is 12.2. The van der Waals surface area contributed by atoms with Crippen LogP contribution in [0.3, 0.4) is 0 Å². The molecule has 0 aromatic rings. The Kier molecular flexibility index (Phi) is 43.1. The molecule has 4 nitrogen and oxygen atoms in total. The molecular formula is C16H34Nd2O4P+. The summed E-state index contributed by atoms with van der Waals surface area (Å²) in [6.07, 6.45) is 10.4. The van der Waals surface area contributed by atoms with Crippen LogP contribution in [0.5, 0.6) is 0 Å². The van der Waals surface area contributed by atoms with E-state index in [0.29, 0.717) is 11.8 Å². The van der Waals surface area contributed by atoms with Crippen LogP contribution in [0.2, 0.25) is 0 Å². The van der Waals surface area contributed by atoms with Gasteiger partial charge >= 0.3 is 81.7 Å². The Labute approximate surface area is 210 Å². The number of rotatable bonds is 8. The second-order valence-corrected chi connectivity index (χ2v) is 6.17. The topological polar surface area (TPSA) is 86.2 Å². The van der Waals surface area contributed by atoms with Gasteiger partial charge in [-0.3, -0.25) is 0 Å². The summed E-state index contributed by atoms with van der Waals surface area (Å²) in [6, 6.07) is 0. The first kappa shape index (κ1) is 36.7. The largest absolute Gasteiger partial charge is 3.00 e. The Hall–Kier alpha value is 2.81. The van der Waals surface area contributed by atoms with Crippen LogP contribution in [0.25, 0.3) is 0 Å². The Morgan fingerprint density at radius 1 is 0.783 bits per heavy atom. The van der Waals surface area contributed by atoms with Gasteiger partial charge in [0.2, 0.25) is 0 Å². The third-order valence-corrected chi connectivity index (χ3v) is 3.09. The molecule has 0 saturated carbocycles. The molecule has 0 spiro atoms. The van der Waals surface area contributed by atoms with E-state index < -0.39 is 7.82 Å². The fourth-order valence-electron chi connectivity index (χ4n) is 1.39. The van der Waals surface area contributed by atoms with E-state index in [-0.39, 0.29) is 81.7 Å².